The molecule has 0 fully saturated rings. The molecular formula is C66H129O11P. The number of phosphoric ester groups is 1. The number of rotatable bonds is 65. The van der Waals surface area contributed by atoms with Crippen LogP contribution >= 0.6 is 7.82 Å². The number of hydrogen-bond donors (Lipinski definition) is 2. The fourth-order valence-corrected chi connectivity index (χ4v) is 11.1. The van der Waals surface area contributed by atoms with Crippen molar-refractivity contribution in [3.05, 3.63) is 0 Å². The summed E-state index contributed by atoms with van der Waals surface area (Å²) in [6, 6.07) is 0. The number of carbonyl (C=O) groups excluding carboxylic acids is 3. The van der Waals surface area contributed by atoms with Crippen LogP contribution in [0.1, 0.15) is 367 Å². The first-order valence-electron chi connectivity index (χ1n) is 33.9. The van der Waals surface area contributed by atoms with Gasteiger partial charge in [0.2, 0.25) is 0 Å². The summed E-state index contributed by atoms with van der Waals surface area (Å²) >= 11 is 0. The molecule has 0 aromatic carbocycles. The average molecular weight is 1130 g/mol. The van der Waals surface area contributed by atoms with E-state index < -0.39 is 57.8 Å². The largest absolute Gasteiger partial charge is 0.472 e. The average Bonchev–Trinajstić information content (AvgIpc) is 3.43. The molecule has 0 saturated carbocycles. The molecule has 0 aromatic rings. The van der Waals surface area contributed by atoms with Gasteiger partial charge in [0.15, 0.2) is 6.10 Å². The number of hydrogen-bond acceptors (Lipinski definition) is 10. The lowest BCUT2D eigenvalue weighted by molar-refractivity contribution is -0.161. The van der Waals surface area contributed by atoms with Crippen LogP contribution in [0.3, 0.4) is 0 Å². The van der Waals surface area contributed by atoms with E-state index in [9.17, 15) is 28.9 Å². The summed E-state index contributed by atoms with van der Waals surface area (Å²) in [4.78, 5) is 48.8. The van der Waals surface area contributed by atoms with Gasteiger partial charge in [0.05, 0.1) is 19.8 Å². The Morgan fingerprint density at radius 3 is 0.756 bits per heavy atom. The summed E-state index contributed by atoms with van der Waals surface area (Å²) in [6.45, 7) is 4.76. The zero-order valence-electron chi connectivity index (χ0n) is 51.7. The fourth-order valence-electron chi connectivity index (χ4n) is 10.4. The molecule has 78 heavy (non-hydrogen) atoms. The van der Waals surface area contributed by atoms with Crippen molar-refractivity contribution >= 4 is 25.7 Å². The second-order valence-corrected chi connectivity index (χ2v) is 24.8. The molecule has 0 heterocycles. The molecule has 0 bridgehead atoms. The molecule has 3 atom stereocenters. The minimum atomic E-state index is -4.74. The zero-order chi connectivity index (χ0) is 56.9. The maximum absolute atomic E-state index is 13.0. The molecule has 0 aliphatic rings. The highest BCUT2D eigenvalue weighted by Crippen LogP contribution is 2.43. The van der Waals surface area contributed by atoms with Crippen molar-refractivity contribution in [3.63, 3.8) is 0 Å². The van der Waals surface area contributed by atoms with E-state index in [1.54, 1.807) is 0 Å². The second-order valence-electron chi connectivity index (χ2n) is 23.4. The van der Waals surface area contributed by atoms with Gasteiger partial charge < -0.3 is 24.2 Å². The predicted octanol–water partition coefficient (Wildman–Crippen LogP) is 20.6. The normalized spacial score (nSPS) is 13.1. The van der Waals surface area contributed by atoms with Crippen LogP contribution < -0.4 is 0 Å². The summed E-state index contributed by atoms with van der Waals surface area (Å²) in [6.07, 6.45) is 62.0. The van der Waals surface area contributed by atoms with Gasteiger partial charge in [0, 0.05) is 19.3 Å². The van der Waals surface area contributed by atoms with Crippen LogP contribution in [0, 0.1) is 0 Å². The summed E-state index contributed by atoms with van der Waals surface area (Å²) in [5, 5.41) is 9.87. The Labute approximate surface area is 482 Å². The summed E-state index contributed by atoms with van der Waals surface area (Å²) < 4.78 is 39.8. The zero-order valence-corrected chi connectivity index (χ0v) is 52.6. The van der Waals surface area contributed by atoms with Crippen molar-refractivity contribution in [2.75, 3.05) is 26.4 Å². The molecule has 0 aromatic heterocycles. The van der Waals surface area contributed by atoms with Crippen molar-refractivity contribution in [1.82, 2.24) is 0 Å². The standard InChI is InChI=1S/C66H129O11P/c1-4-7-10-13-16-19-22-25-27-29-31-33-35-38-41-44-47-50-53-56-65(69)76-62(58-67)60-74-78(71,72)75-61-63(59-73-64(68)55-52-49-46-43-40-37-24-21-18-15-12-9-6-3)77-66(70)57-54-51-48-45-42-39-36-34-32-30-28-26-23-20-17-14-11-8-5-2/h62-63,67H,4-61H2,1-3H3,(H,71,72). The Bertz CT molecular complexity index is 1320. The lowest BCUT2D eigenvalue weighted by Crippen LogP contribution is -2.30. The molecular weight excluding hydrogens is 1000 g/mol. The van der Waals surface area contributed by atoms with E-state index in [0.717, 1.165) is 57.8 Å². The van der Waals surface area contributed by atoms with Crippen LogP contribution in [0.2, 0.25) is 0 Å². The van der Waals surface area contributed by atoms with Crippen LogP contribution in [0.5, 0.6) is 0 Å². The van der Waals surface area contributed by atoms with E-state index in [2.05, 4.69) is 20.8 Å². The van der Waals surface area contributed by atoms with Gasteiger partial charge in [-0.15, -0.1) is 0 Å². The Morgan fingerprint density at radius 1 is 0.308 bits per heavy atom. The number of esters is 3. The quantitative estimate of drug-likeness (QED) is 0.0259. The van der Waals surface area contributed by atoms with E-state index in [1.165, 1.54) is 250 Å². The molecule has 12 heteroatoms. The number of carbonyl (C=O) groups is 3. The molecule has 2 N–H and O–H groups in total. The molecule has 0 spiro atoms. The number of aliphatic hydroxyl groups excluding tert-OH is 1. The molecule has 0 saturated heterocycles. The van der Waals surface area contributed by atoms with E-state index in [4.69, 9.17) is 23.3 Å². The molecule has 0 radical (unpaired) electrons. The lowest BCUT2D eigenvalue weighted by atomic mass is 10.0. The van der Waals surface area contributed by atoms with Gasteiger partial charge in [0.1, 0.15) is 12.7 Å². The highest BCUT2D eigenvalue weighted by Gasteiger charge is 2.28. The van der Waals surface area contributed by atoms with Crippen LogP contribution in [0.25, 0.3) is 0 Å². The van der Waals surface area contributed by atoms with Crippen molar-refractivity contribution in [2.45, 2.75) is 380 Å². The third-order valence-corrected chi connectivity index (χ3v) is 16.5. The Kier molecular flexibility index (Phi) is 60.3. The minimum absolute atomic E-state index is 0.179. The second kappa shape index (κ2) is 61.5. The van der Waals surface area contributed by atoms with Crippen molar-refractivity contribution in [1.29, 1.82) is 0 Å². The summed E-state index contributed by atoms with van der Waals surface area (Å²) in [5.74, 6) is -1.42. The monoisotopic (exact) mass is 1130 g/mol. The first kappa shape index (κ1) is 76.5. The number of ether oxygens (including phenoxy) is 3. The molecule has 11 nitrogen and oxygen atoms in total. The van der Waals surface area contributed by atoms with E-state index in [0.29, 0.717) is 19.3 Å². The third-order valence-electron chi connectivity index (χ3n) is 15.5. The number of aliphatic hydroxyl groups is 1. The van der Waals surface area contributed by atoms with Crippen molar-refractivity contribution < 1.29 is 52.2 Å². The van der Waals surface area contributed by atoms with Gasteiger partial charge in [-0.25, -0.2) is 4.57 Å². The van der Waals surface area contributed by atoms with Crippen LogP contribution in [-0.4, -0.2) is 66.5 Å². The molecule has 0 aliphatic heterocycles. The molecule has 3 unspecified atom stereocenters. The van der Waals surface area contributed by atoms with Gasteiger partial charge in [-0.2, -0.15) is 0 Å². The predicted molar refractivity (Wildman–Crippen MR) is 326 cm³/mol. The van der Waals surface area contributed by atoms with E-state index in [1.807, 2.05) is 0 Å². The van der Waals surface area contributed by atoms with Crippen LogP contribution in [-0.2, 0) is 42.2 Å². The first-order chi connectivity index (χ1) is 38.2. The number of phosphoric acid groups is 1. The highest BCUT2D eigenvalue weighted by molar-refractivity contribution is 7.47. The Balaban J connectivity index is 4.55. The number of unbranched alkanes of at least 4 members (excludes halogenated alkanes) is 48. The van der Waals surface area contributed by atoms with Gasteiger partial charge in [-0.05, 0) is 19.3 Å². The SMILES string of the molecule is CCCCCCCCCCCCCCCCCCCCCC(=O)OC(CO)COP(=O)(O)OCC(COC(=O)CCCCCCCCCCCCCCC)OC(=O)CCCCCCCCCCCCCCCCCCCCC. The minimum Gasteiger partial charge on any atom is -0.462 e. The molecule has 0 aliphatic carbocycles. The van der Waals surface area contributed by atoms with E-state index in [-0.39, 0.29) is 25.9 Å². The summed E-state index contributed by atoms with van der Waals surface area (Å²) in [7, 11) is -4.74. The van der Waals surface area contributed by atoms with Gasteiger partial charge in [-0.1, -0.05) is 329 Å². The summed E-state index contributed by atoms with van der Waals surface area (Å²) in [5.41, 5.74) is 0. The van der Waals surface area contributed by atoms with Crippen molar-refractivity contribution in [2.24, 2.45) is 0 Å². The third kappa shape index (κ3) is 59.1. The van der Waals surface area contributed by atoms with E-state index >= 15 is 0 Å². The molecule has 0 rings (SSSR count). The first-order valence-corrected chi connectivity index (χ1v) is 35.4. The van der Waals surface area contributed by atoms with Crippen LogP contribution in [0.4, 0.5) is 0 Å². The van der Waals surface area contributed by atoms with Gasteiger partial charge >= 0.3 is 25.7 Å². The van der Waals surface area contributed by atoms with Gasteiger partial charge in [-0.3, -0.25) is 23.4 Å². The lowest BCUT2D eigenvalue weighted by Gasteiger charge is -2.21. The Morgan fingerprint density at radius 2 is 0.513 bits per heavy atom. The maximum Gasteiger partial charge on any atom is 0.472 e. The molecule has 0 amide bonds. The Hall–Kier alpha value is -1.52. The van der Waals surface area contributed by atoms with Crippen LogP contribution in [0.15, 0.2) is 0 Å². The fraction of sp³-hybridized carbons (Fsp3) is 0.955. The smallest absolute Gasteiger partial charge is 0.462 e. The molecule has 464 valence electrons. The van der Waals surface area contributed by atoms with Crippen molar-refractivity contribution in [3.8, 4) is 0 Å². The maximum atomic E-state index is 13.0. The topological polar surface area (TPSA) is 155 Å². The van der Waals surface area contributed by atoms with Gasteiger partial charge in [0.25, 0.3) is 0 Å². The highest BCUT2D eigenvalue weighted by atomic mass is 31.2.